The molecule has 1 atom stereocenters. The maximum absolute atomic E-state index is 11.6. The average Bonchev–Trinajstić information content (AvgIpc) is 2.74. The summed E-state index contributed by atoms with van der Waals surface area (Å²) in [6, 6.07) is 7.14. The number of carbonyl (C=O) groups is 2. The lowest BCUT2D eigenvalue weighted by molar-refractivity contribution is -0.127. The molecule has 18 heavy (non-hydrogen) atoms. The van der Waals surface area contributed by atoms with Gasteiger partial charge < -0.3 is 10.1 Å². The Hall–Kier alpha value is -1.11. The first-order chi connectivity index (χ1) is 8.65. The van der Waals surface area contributed by atoms with Crippen molar-refractivity contribution in [1.82, 2.24) is 5.32 Å². The van der Waals surface area contributed by atoms with E-state index in [1.165, 1.54) is 0 Å². The van der Waals surface area contributed by atoms with Crippen molar-refractivity contribution in [2.75, 3.05) is 6.61 Å². The Kier molecular flexibility index (Phi) is 4.57. The minimum atomic E-state index is -0.308. The molecule has 0 bridgehead atoms. The van der Waals surface area contributed by atoms with Gasteiger partial charge in [-0.1, -0.05) is 0 Å². The lowest BCUT2D eigenvalue weighted by Gasteiger charge is -2.11. The normalized spacial score (nSPS) is 18.7. The monoisotopic (exact) mass is 359 g/mol. The van der Waals surface area contributed by atoms with Gasteiger partial charge in [-0.25, -0.2) is 0 Å². The Morgan fingerprint density at radius 2 is 2.11 bits per heavy atom. The minimum Gasteiger partial charge on any atom is -0.484 e. The molecular formula is C13H14INO3. The van der Waals surface area contributed by atoms with Crippen LogP contribution in [0.1, 0.15) is 19.3 Å². The summed E-state index contributed by atoms with van der Waals surface area (Å²) in [4.78, 5) is 23.0. The summed E-state index contributed by atoms with van der Waals surface area (Å²) >= 11 is 2.20. The molecule has 1 aliphatic rings. The Morgan fingerprint density at radius 3 is 2.72 bits per heavy atom. The molecule has 0 saturated heterocycles. The minimum absolute atomic E-state index is 0.0512. The molecule has 2 rings (SSSR count). The molecule has 1 saturated carbocycles. The number of ketones is 1. The van der Waals surface area contributed by atoms with Gasteiger partial charge in [0.15, 0.2) is 12.4 Å². The number of halogens is 1. The number of carbonyl (C=O) groups excluding carboxylic acids is 2. The van der Waals surface area contributed by atoms with Gasteiger partial charge in [0.25, 0.3) is 5.91 Å². The van der Waals surface area contributed by atoms with Crippen molar-refractivity contribution in [1.29, 1.82) is 0 Å². The second-order valence-electron chi connectivity index (χ2n) is 4.22. The number of Topliss-reactive ketones (excluding diaryl/α,β-unsaturated/α-hetero) is 1. The fourth-order valence-electron chi connectivity index (χ4n) is 1.88. The average molecular weight is 359 g/mol. The summed E-state index contributed by atoms with van der Waals surface area (Å²) in [7, 11) is 0. The van der Waals surface area contributed by atoms with Crippen molar-refractivity contribution in [2.45, 2.75) is 25.3 Å². The number of benzene rings is 1. The Labute approximate surface area is 119 Å². The van der Waals surface area contributed by atoms with Crippen LogP contribution in [-0.2, 0) is 9.59 Å². The first-order valence-corrected chi connectivity index (χ1v) is 6.93. The lowest BCUT2D eigenvalue weighted by Crippen LogP contribution is -2.40. The first kappa shape index (κ1) is 13.3. The molecule has 1 aliphatic carbocycles. The number of hydrogen-bond acceptors (Lipinski definition) is 3. The van der Waals surface area contributed by atoms with Gasteiger partial charge in [0.05, 0.1) is 6.04 Å². The molecule has 1 N–H and O–H groups in total. The molecule has 5 heteroatoms. The molecule has 1 unspecified atom stereocenters. The number of rotatable bonds is 4. The van der Waals surface area contributed by atoms with Crippen molar-refractivity contribution < 1.29 is 14.3 Å². The summed E-state index contributed by atoms with van der Waals surface area (Å²) in [6.45, 7) is -0.0512. The molecule has 0 aliphatic heterocycles. The van der Waals surface area contributed by atoms with Crippen molar-refractivity contribution in [3.8, 4) is 5.75 Å². The van der Waals surface area contributed by atoms with Crippen molar-refractivity contribution in [2.24, 2.45) is 0 Å². The Morgan fingerprint density at radius 1 is 1.39 bits per heavy atom. The van der Waals surface area contributed by atoms with E-state index >= 15 is 0 Å². The summed E-state index contributed by atoms with van der Waals surface area (Å²) in [5.41, 5.74) is 0. The molecule has 4 nitrogen and oxygen atoms in total. The van der Waals surface area contributed by atoms with Crippen LogP contribution in [0.2, 0.25) is 0 Å². The zero-order valence-electron chi connectivity index (χ0n) is 9.82. The van der Waals surface area contributed by atoms with Gasteiger partial charge in [-0.2, -0.15) is 0 Å². The molecule has 1 amide bonds. The quantitative estimate of drug-likeness (QED) is 0.836. The van der Waals surface area contributed by atoms with Crippen LogP contribution < -0.4 is 10.1 Å². The van der Waals surface area contributed by atoms with E-state index in [-0.39, 0.29) is 24.3 Å². The van der Waals surface area contributed by atoms with Crippen LogP contribution in [0.3, 0.4) is 0 Å². The Balaban J connectivity index is 1.78. The zero-order valence-corrected chi connectivity index (χ0v) is 12.0. The number of nitrogens with one attached hydrogen (secondary N) is 1. The van der Waals surface area contributed by atoms with Crippen LogP contribution in [0.4, 0.5) is 0 Å². The standard InChI is InChI=1S/C13H14INO3/c14-9-4-6-10(7-5-9)18-8-13(17)15-11-2-1-3-12(11)16/h4-7,11H,1-3,8H2,(H,15,17). The van der Waals surface area contributed by atoms with E-state index in [2.05, 4.69) is 27.9 Å². The SMILES string of the molecule is O=C(COc1ccc(I)cc1)NC1CCCC1=O. The van der Waals surface area contributed by atoms with E-state index in [1.807, 2.05) is 24.3 Å². The summed E-state index contributed by atoms with van der Waals surface area (Å²) in [6.07, 6.45) is 2.18. The Bertz CT molecular complexity index is 444. The molecule has 1 aromatic rings. The van der Waals surface area contributed by atoms with Gasteiger partial charge >= 0.3 is 0 Å². The maximum atomic E-state index is 11.6. The van der Waals surface area contributed by atoms with Gasteiger partial charge in [-0.05, 0) is 59.7 Å². The first-order valence-electron chi connectivity index (χ1n) is 5.85. The van der Waals surface area contributed by atoms with Crippen LogP contribution in [0.25, 0.3) is 0 Å². The predicted octanol–water partition coefficient (Wildman–Crippen LogP) is 1.91. The highest BCUT2D eigenvalue weighted by Gasteiger charge is 2.25. The molecule has 96 valence electrons. The van der Waals surface area contributed by atoms with Gasteiger partial charge in [-0.3, -0.25) is 9.59 Å². The highest BCUT2D eigenvalue weighted by Crippen LogP contribution is 2.15. The van der Waals surface area contributed by atoms with E-state index in [1.54, 1.807) is 0 Å². The third-order valence-electron chi connectivity index (χ3n) is 2.82. The van der Waals surface area contributed by atoms with Gasteiger partial charge in [-0.15, -0.1) is 0 Å². The molecule has 0 radical (unpaired) electrons. The summed E-state index contributed by atoms with van der Waals surface area (Å²) in [5, 5.41) is 2.70. The van der Waals surface area contributed by atoms with Crippen LogP contribution in [-0.4, -0.2) is 24.3 Å². The second-order valence-corrected chi connectivity index (χ2v) is 5.47. The number of ether oxygens (including phenoxy) is 1. The topological polar surface area (TPSA) is 55.4 Å². The van der Waals surface area contributed by atoms with E-state index in [4.69, 9.17) is 4.74 Å². The van der Waals surface area contributed by atoms with Crippen LogP contribution >= 0.6 is 22.6 Å². The smallest absolute Gasteiger partial charge is 0.258 e. The summed E-state index contributed by atoms with van der Waals surface area (Å²) < 4.78 is 6.45. The largest absolute Gasteiger partial charge is 0.484 e. The van der Waals surface area contributed by atoms with Gasteiger partial charge in [0.2, 0.25) is 0 Å². The summed E-state index contributed by atoms with van der Waals surface area (Å²) in [5.74, 6) is 0.537. The maximum Gasteiger partial charge on any atom is 0.258 e. The molecule has 0 spiro atoms. The fraction of sp³-hybridized carbons (Fsp3) is 0.385. The van der Waals surface area contributed by atoms with Gasteiger partial charge in [0, 0.05) is 9.99 Å². The molecule has 0 aromatic heterocycles. The molecule has 1 fully saturated rings. The van der Waals surface area contributed by atoms with E-state index in [0.29, 0.717) is 12.2 Å². The molecule has 0 heterocycles. The lowest BCUT2D eigenvalue weighted by atomic mass is 10.2. The highest BCUT2D eigenvalue weighted by atomic mass is 127. The third kappa shape index (κ3) is 3.69. The predicted molar refractivity (Wildman–Crippen MR) is 75.4 cm³/mol. The van der Waals surface area contributed by atoms with Crippen LogP contribution in [0.5, 0.6) is 5.75 Å². The van der Waals surface area contributed by atoms with Crippen LogP contribution in [0.15, 0.2) is 24.3 Å². The molecule has 1 aromatic carbocycles. The van der Waals surface area contributed by atoms with Crippen LogP contribution in [0, 0.1) is 3.57 Å². The second kappa shape index (κ2) is 6.17. The molecular weight excluding hydrogens is 345 g/mol. The zero-order chi connectivity index (χ0) is 13.0. The van der Waals surface area contributed by atoms with E-state index < -0.39 is 0 Å². The van der Waals surface area contributed by atoms with Crippen molar-refractivity contribution in [3.63, 3.8) is 0 Å². The fourth-order valence-corrected chi connectivity index (χ4v) is 2.24. The van der Waals surface area contributed by atoms with Crippen molar-refractivity contribution in [3.05, 3.63) is 27.8 Å². The number of hydrogen-bond donors (Lipinski definition) is 1. The third-order valence-corrected chi connectivity index (χ3v) is 3.54. The van der Waals surface area contributed by atoms with Crippen molar-refractivity contribution >= 4 is 34.3 Å². The highest BCUT2D eigenvalue weighted by molar-refractivity contribution is 14.1. The van der Waals surface area contributed by atoms with E-state index in [9.17, 15) is 9.59 Å². The number of amides is 1. The van der Waals surface area contributed by atoms with Gasteiger partial charge in [0.1, 0.15) is 5.75 Å². The van der Waals surface area contributed by atoms with E-state index in [0.717, 1.165) is 16.4 Å².